The molecule has 32 heavy (non-hydrogen) atoms. The first-order valence-corrected chi connectivity index (χ1v) is 10.7. The third kappa shape index (κ3) is 1.42. The Balaban J connectivity index is 1.59. The Kier molecular flexibility index (Phi) is 2.89. The molecule has 5 aliphatic heterocycles. The second-order valence-corrected chi connectivity index (χ2v) is 9.76. The van der Waals surface area contributed by atoms with Gasteiger partial charge in [0.15, 0.2) is 11.4 Å². The van der Waals surface area contributed by atoms with Crippen LogP contribution in [-0.2, 0) is 19.1 Å². The van der Waals surface area contributed by atoms with Gasteiger partial charge in [0.1, 0.15) is 11.3 Å². The van der Waals surface area contributed by atoms with Crippen LogP contribution < -0.4 is 0 Å². The molecular formula is C24H20N2O6. The van der Waals surface area contributed by atoms with Crippen LogP contribution in [0.3, 0.4) is 0 Å². The van der Waals surface area contributed by atoms with Crippen LogP contribution in [-0.4, -0.2) is 65.2 Å². The third-order valence-corrected chi connectivity index (χ3v) is 8.69. The third-order valence-electron chi connectivity index (χ3n) is 8.69. The van der Waals surface area contributed by atoms with Crippen LogP contribution in [0.1, 0.15) is 34.1 Å². The van der Waals surface area contributed by atoms with Crippen molar-refractivity contribution in [1.29, 1.82) is 0 Å². The predicted molar refractivity (Wildman–Crippen MR) is 108 cm³/mol. The minimum absolute atomic E-state index is 0.00164. The van der Waals surface area contributed by atoms with E-state index in [1.165, 1.54) is 12.0 Å². The summed E-state index contributed by atoms with van der Waals surface area (Å²) >= 11 is 0. The number of benzene rings is 1. The van der Waals surface area contributed by atoms with Gasteiger partial charge in [-0.1, -0.05) is 31.2 Å². The number of hydrogen-bond acceptors (Lipinski definition) is 6. The van der Waals surface area contributed by atoms with Gasteiger partial charge in [0, 0.05) is 42.0 Å². The van der Waals surface area contributed by atoms with Gasteiger partial charge in [-0.2, -0.15) is 0 Å². The molecule has 9 rings (SSSR count). The number of ketones is 2. The molecule has 8 aliphatic rings. The minimum atomic E-state index is -1.27. The first kappa shape index (κ1) is 18.3. The lowest BCUT2D eigenvalue weighted by atomic mass is 9.46. The van der Waals surface area contributed by atoms with E-state index in [9.17, 15) is 19.2 Å². The molecule has 3 saturated heterocycles. The van der Waals surface area contributed by atoms with E-state index in [0.717, 1.165) is 5.76 Å². The second-order valence-electron chi connectivity index (χ2n) is 9.76. The van der Waals surface area contributed by atoms with Crippen molar-refractivity contribution in [2.75, 3.05) is 20.8 Å². The first-order chi connectivity index (χ1) is 15.3. The molecule has 8 nitrogen and oxygen atoms in total. The highest BCUT2D eigenvalue weighted by Gasteiger charge is 2.90. The zero-order valence-corrected chi connectivity index (χ0v) is 17.8. The van der Waals surface area contributed by atoms with Crippen LogP contribution in [0, 0.1) is 17.3 Å². The van der Waals surface area contributed by atoms with Gasteiger partial charge >= 0.3 is 11.8 Å². The Labute approximate surface area is 183 Å². The smallest absolute Gasteiger partial charge is 0.318 e. The number of methoxy groups -OCH3 is 2. The van der Waals surface area contributed by atoms with Crippen molar-refractivity contribution in [3.63, 3.8) is 0 Å². The van der Waals surface area contributed by atoms with E-state index in [1.807, 2.05) is 13.0 Å². The zero-order chi connectivity index (χ0) is 22.4. The van der Waals surface area contributed by atoms with Crippen LogP contribution >= 0.6 is 0 Å². The number of amides is 2. The number of nitrogens with zero attached hydrogens (tertiary/aromatic N) is 2. The fourth-order valence-electron chi connectivity index (χ4n) is 7.71. The van der Waals surface area contributed by atoms with E-state index in [0.29, 0.717) is 12.0 Å². The summed E-state index contributed by atoms with van der Waals surface area (Å²) in [5.41, 5.74) is -2.28. The fourth-order valence-corrected chi connectivity index (χ4v) is 7.71. The van der Waals surface area contributed by atoms with Gasteiger partial charge in [0.2, 0.25) is 5.78 Å². The molecule has 162 valence electrons. The highest BCUT2D eigenvalue weighted by Crippen LogP contribution is 2.76. The lowest BCUT2D eigenvalue weighted by molar-refractivity contribution is -0.255. The maximum absolute atomic E-state index is 13.8. The Bertz CT molecular complexity index is 1290. The Morgan fingerprint density at radius 1 is 1.00 bits per heavy atom. The molecule has 5 atom stereocenters. The van der Waals surface area contributed by atoms with E-state index >= 15 is 0 Å². The molecule has 0 aromatic heterocycles. The van der Waals surface area contributed by atoms with Crippen molar-refractivity contribution in [2.24, 2.45) is 17.3 Å². The van der Waals surface area contributed by atoms with Crippen molar-refractivity contribution in [2.45, 2.75) is 24.6 Å². The lowest BCUT2D eigenvalue weighted by Gasteiger charge is -2.66. The summed E-state index contributed by atoms with van der Waals surface area (Å²) in [6, 6.07) is 6.62. The summed E-state index contributed by atoms with van der Waals surface area (Å²) in [5, 5.41) is 0. The van der Waals surface area contributed by atoms with Crippen molar-refractivity contribution in [3.05, 3.63) is 58.5 Å². The number of carbonyl (C=O) groups is 4. The number of Topliss-reactive ketones (excluding diaryl/α,β-unsaturated/α-hetero) is 2. The number of ether oxygens (including phenoxy) is 2. The number of rotatable bonds is 2. The van der Waals surface area contributed by atoms with Gasteiger partial charge in [-0.25, -0.2) is 0 Å². The summed E-state index contributed by atoms with van der Waals surface area (Å²) in [4.78, 5) is 57.1. The van der Waals surface area contributed by atoms with Crippen molar-refractivity contribution in [1.82, 2.24) is 9.80 Å². The molecule has 4 bridgehead atoms. The SMILES string of the molecule is COC1=C[C@H]2[C@H]3C[C@]1(C)CN1C(=O)C(=O)N4C5=C(C(=O)c6ccccc6C5=O)[C@]3(OC)[C@]214. The number of fused-ring (bicyclic) bond motifs is 2. The van der Waals surface area contributed by atoms with E-state index < -0.39 is 34.3 Å². The van der Waals surface area contributed by atoms with Crippen LogP contribution in [0.4, 0.5) is 0 Å². The lowest BCUT2D eigenvalue weighted by Crippen LogP contribution is -2.82. The molecule has 4 fully saturated rings. The van der Waals surface area contributed by atoms with Crippen molar-refractivity contribution >= 4 is 23.4 Å². The number of carbonyl (C=O) groups excluding carboxylic acids is 4. The first-order valence-electron chi connectivity index (χ1n) is 10.7. The Hall–Kier alpha value is -3.26. The van der Waals surface area contributed by atoms with Crippen molar-refractivity contribution in [3.8, 4) is 0 Å². The van der Waals surface area contributed by atoms with Gasteiger partial charge in [-0.15, -0.1) is 0 Å². The normalized spacial score (nSPS) is 40.2. The highest BCUT2D eigenvalue weighted by atomic mass is 16.5. The monoisotopic (exact) mass is 432 g/mol. The minimum Gasteiger partial charge on any atom is -0.501 e. The molecule has 1 aromatic rings. The molecule has 1 saturated carbocycles. The molecule has 1 aromatic carbocycles. The van der Waals surface area contributed by atoms with Crippen molar-refractivity contribution < 1.29 is 28.7 Å². The van der Waals surface area contributed by atoms with Gasteiger partial charge in [0.05, 0.1) is 18.4 Å². The van der Waals surface area contributed by atoms with Crippen LogP contribution in [0.25, 0.3) is 0 Å². The molecule has 1 spiro atoms. The van der Waals surface area contributed by atoms with E-state index in [1.54, 1.807) is 36.3 Å². The van der Waals surface area contributed by atoms with Gasteiger partial charge in [-0.05, 0) is 12.5 Å². The summed E-state index contributed by atoms with van der Waals surface area (Å²) in [6.45, 7) is 2.26. The molecule has 0 radical (unpaired) electrons. The largest absolute Gasteiger partial charge is 0.501 e. The maximum Gasteiger partial charge on any atom is 0.318 e. The average Bonchev–Trinajstić information content (AvgIpc) is 3.00. The summed E-state index contributed by atoms with van der Waals surface area (Å²) < 4.78 is 11.9. The zero-order valence-electron chi connectivity index (χ0n) is 17.8. The maximum atomic E-state index is 13.8. The number of allylic oxidation sites excluding steroid dienone is 1. The summed E-state index contributed by atoms with van der Waals surface area (Å²) in [6.07, 6.45) is 2.59. The average molecular weight is 432 g/mol. The molecule has 3 aliphatic carbocycles. The summed E-state index contributed by atoms with van der Waals surface area (Å²) in [5.74, 6) is -1.90. The van der Waals surface area contributed by atoms with Gasteiger partial charge in [-0.3, -0.25) is 24.1 Å². The van der Waals surface area contributed by atoms with Gasteiger partial charge < -0.3 is 14.4 Å². The van der Waals surface area contributed by atoms with Crippen LogP contribution in [0.15, 0.2) is 47.4 Å². The molecule has 0 unspecified atom stereocenters. The predicted octanol–water partition coefficient (Wildman–Crippen LogP) is 1.29. The Morgan fingerprint density at radius 2 is 1.69 bits per heavy atom. The molecule has 2 amide bonds. The van der Waals surface area contributed by atoms with E-state index in [-0.39, 0.29) is 41.0 Å². The topological polar surface area (TPSA) is 93.2 Å². The van der Waals surface area contributed by atoms with Crippen LogP contribution in [0.5, 0.6) is 0 Å². The summed E-state index contributed by atoms with van der Waals surface area (Å²) in [7, 11) is 3.11. The van der Waals surface area contributed by atoms with E-state index in [2.05, 4.69) is 0 Å². The van der Waals surface area contributed by atoms with Crippen LogP contribution in [0.2, 0.25) is 0 Å². The standard InChI is InChI=1S/C24H20N2O6/c1-22-9-14-13(8-15(22)31-2)24-23(14,32-3)16-17(26(24)21(30)20(29)25(24)10-22)19(28)12-7-5-4-6-11(12)18(16)27/h4-8,13-14H,9-10H2,1-3H3/t13-,14+,22+,23-,24+/m0/s1. The quantitative estimate of drug-likeness (QED) is 0.654. The molecular weight excluding hydrogens is 412 g/mol. The molecule has 8 heteroatoms. The molecule has 0 N–H and O–H groups in total. The second kappa shape index (κ2) is 5.04. The molecule has 5 heterocycles. The fraction of sp³-hybridized carbons (Fsp3) is 0.417. The number of hydrogen-bond donors (Lipinski definition) is 0. The van der Waals surface area contributed by atoms with E-state index in [4.69, 9.17) is 9.47 Å². The Morgan fingerprint density at radius 3 is 2.34 bits per heavy atom. The van der Waals surface area contributed by atoms with Gasteiger partial charge in [0.25, 0.3) is 0 Å². The highest BCUT2D eigenvalue weighted by molar-refractivity contribution is 6.41.